The number of carbonyl (C=O) groups is 2. The first kappa shape index (κ1) is 15.5. The minimum absolute atomic E-state index is 0.102. The summed E-state index contributed by atoms with van der Waals surface area (Å²) in [7, 11) is 0. The molecule has 1 amide bonds. The summed E-state index contributed by atoms with van der Waals surface area (Å²) in [4.78, 5) is 23.4. The van der Waals surface area contributed by atoms with Gasteiger partial charge in [-0.1, -0.05) is 55.8 Å². The van der Waals surface area contributed by atoms with Crippen LogP contribution in [0.2, 0.25) is 0 Å². The fourth-order valence-corrected chi connectivity index (χ4v) is 3.12. The maximum Gasteiger partial charge on any atom is 0.326 e. The van der Waals surface area contributed by atoms with E-state index in [1.807, 2.05) is 19.1 Å². The predicted molar refractivity (Wildman–Crippen MR) is 89.3 cm³/mol. The summed E-state index contributed by atoms with van der Waals surface area (Å²) in [6, 6.07) is 13.7. The fraction of sp³-hybridized carbons (Fsp3) is 0.368. The molecule has 1 fully saturated rings. The van der Waals surface area contributed by atoms with Gasteiger partial charge in [0.1, 0.15) is 6.04 Å². The van der Waals surface area contributed by atoms with Gasteiger partial charge in [-0.05, 0) is 35.1 Å². The zero-order valence-corrected chi connectivity index (χ0v) is 13.2. The van der Waals surface area contributed by atoms with E-state index >= 15 is 0 Å². The average molecular weight is 311 g/mol. The zero-order chi connectivity index (χ0) is 16.4. The maximum atomic E-state index is 12.3. The summed E-state index contributed by atoms with van der Waals surface area (Å²) in [6.07, 6.45) is 1.99. The summed E-state index contributed by atoms with van der Waals surface area (Å²) < 4.78 is 0. The third-order valence-electron chi connectivity index (χ3n) is 4.52. The third kappa shape index (κ3) is 3.36. The number of carbonyl (C=O) groups excluding carboxylic acids is 1. The molecule has 0 heterocycles. The van der Waals surface area contributed by atoms with Crippen molar-refractivity contribution >= 4 is 22.6 Å². The Kier molecular flexibility index (Phi) is 4.33. The normalized spacial score (nSPS) is 20.9. The van der Waals surface area contributed by atoms with Gasteiger partial charge in [0.05, 0.1) is 0 Å². The SMILES string of the molecule is CCCC(NC(=O)C1CC1c1ccc2ccccc2c1)C(=O)O. The van der Waals surface area contributed by atoms with Crippen LogP contribution in [0.5, 0.6) is 0 Å². The lowest BCUT2D eigenvalue weighted by Crippen LogP contribution is -2.41. The van der Waals surface area contributed by atoms with E-state index in [1.54, 1.807) is 0 Å². The Morgan fingerprint density at radius 3 is 2.65 bits per heavy atom. The number of carboxylic acids is 1. The number of amides is 1. The summed E-state index contributed by atoms with van der Waals surface area (Å²) in [5, 5.41) is 14.2. The predicted octanol–water partition coefficient (Wildman–Crippen LogP) is 3.31. The molecule has 3 atom stereocenters. The first-order chi connectivity index (χ1) is 11.1. The molecule has 1 saturated carbocycles. The number of fused-ring (bicyclic) bond motifs is 1. The van der Waals surface area contributed by atoms with E-state index in [9.17, 15) is 9.59 Å². The van der Waals surface area contributed by atoms with E-state index in [-0.39, 0.29) is 17.7 Å². The molecule has 23 heavy (non-hydrogen) atoms. The van der Waals surface area contributed by atoms with E-state index in [2.05, 4.69) is 35.6 Å². The molecular weight excluding hydrogens is 290 g/mol. The van der Waals surface area contributed by atoms with Gasteiger partial charge in [0.25, 0.3) is 0 Å². The summed E-state index contributed by atoms with van der Waals surface area (Å²) in [5.74, 6) is -0.988. The lowest BCUT2D eigenvalue weighted by molar-refractivity contribution is -0.142. The van der Waals surface area contributed by atoms with Gasteiger partial charge in [0, 0.05) is 5.92 Å². The fourth-order valence-electron chi connectivity index (χ4n) is 3.12. The van der Waals surface area contributed by atoms with Gasteiger partial charge in [0.15, 0.2) is 0 Å². The molecule has 0 bridgehead atoms. The second-order valence-electron chi connectivity index (χ2n) is 6.24. The molecule has 0 aromatic heterocycles. The van der Waals surface area contributed by atoms with Crippen molar-refractivity contribution < 1.29 is 14.7 Å². The standard InChI is InChI=1S/C19H21NO3/c1-2-5-17(19(22)23)20-18(21)16-11-15(16)14-9-8-12-6-3-4-7-13(12)10-14/h3-4,6-10,15-17H,2,5,11H2,1H3,(H,20,21)(H,22,23). The zero-order valence-electron chi connectivity index (χ0n) is 13.2. The lowest BCUT2D eigenvalue weighted by atomic mass is 10.0. The highest BCUT2D eigenvalue weighted by molar-refractivity contribution is 5.88. The van der Waals surface area contributed by atoms with Crippen molar-refractivity contribution in [1.82, 2.24) is 5.32 Å². The number of hydrogen-bond acceptors (Lipinski definition) is 2. The van der Waals surface area contributed by atoms with Crippen molar-refractivity contribution in [3.8, 4) is 0 Å². The van der Waals surface area contributed by atoms with Crippen LogP contribution in [0.1, 0.15) is 37.7 Å². The van der Waals surface area contributed by atoms with Gasteiger partial charge in [-0.25, -0.2) is 4.79 Å². The molecule has 2 N–H and O–H groups in total. The molecule has 2 aromatic carbocycles. The second kappa shape index (κ2) is 6.41. The molecule has 0 saturated heterocycles. The van der Waals surface area contributed by atoms with E-state index < -0.39 is 12.0 Å². The topological polar surface area (TPSA) is 66.4 Å². The molecule has 0 spiro atoms. The Morgan fingerprint density at radius 1 is 1.22 bits per heavy atom. The molecule has 4 nitrogen and oxygen atoms in total. The molecule has 3 unspecified atom stereocenters. The highest BCUT2D eigenvalue weighted by Gasteiger charge is 2.44. The second-order valence-corrected chi connectivity index (χ2v) is 6.24. The van der Waals surface area contributed by atoms with Gasteiger partial charge in [-0.3, -0.25) is 4.79 Å². The number of nitrogens with one attached hydrogen (secondary N) is 1. The van der Waals surface area contributed by atoms with Crippen molar-refractivity contribution in [3.05, 3.63) is 48.0 Å². The minimum Gasteiger partial charge on any atom is -0.480 e. The Balaban J connectivity index is 1.67. The first-order valence-corrected chi connectivity index (χ1v) is 8.12. The maximum absolute atomic E-state index is 12.3. The van der Waals surface area contributed by atoms with Crippen LogP contribution < -0.4 is 5.32 Å². The smallest absolute Gasteiger partial charge is 0.326 e. The number of rotatable bonds is 6. The number of hydrogen-bond donors (Lipinski definition) is 2. The Bertz CT molecular complexity index is 740. The van der Waals surface area contributed by atoms with Crippen LogP contribution in [-0.4, -0.2) is 23.0 Å². The van der Waals surface area contributed by atoms with E-state index in [0.29, 0.717) is 6.42 Å². The molecule has 0 radical (unpaired) electrons. The van der Waals surface area contributed by atoms with E-state index in [0.717, 1.165) is 18.4 Å². The Labute approximate surface area is 135 Å². The van der Waals surface area contributed by atoms with Gasteiger partial charge in [-0.2, -0.15) is 0 Å². The molecule has 1 aliphatic rings. The van der Waals surface area contributed by atoms with Crippen LogP contribution in [0.25, 0.3) is 10.8 Å². The van der Waals surface area contributed by atoms with Crippen LogP contribution in [0, 0.1) is 5.92 Å². The average Bonchev–Trinajstić information content (AvgIpc) is 3.34. The highest BCUT2D eigenvalue weighted by atomic mass is 16.4. The minimum atomic E-state index is -0.955. The van der Waals surface area contributed by atoms with Crippen molar-refractivity contribution in [2.24, 2.45) is 5.92 Å². The van der Waals surface area contributed by atoms with Crippen molar-refractivity contribution in [1.29, 1.82) is 0 Å². The van der Waals surface area contributed by atoms with Crippen molar-refractivity contribution in [2.75, 3.05) is 0 Å². The Hall–Kier alpha value is -2.36. The van der Waals surface area contributed by atoms with Gasteiger partial charge in [0.2, 0.25) is 5.91 Å². The van der Waals surface area contributed by atoms with Crippen LogP contribution in [0.3, 0.4) is 0 Å². The monoisotopic (exact) mass is 311 g/mol. The van der Waals surface area contributed by atoms with E-state index in [1.165, 1.54) is 10.8 Å². The molecule has 2 aromatic rings. The van der Waals surface area contributed by atoms with Crippen molar-refractivity contribution in [2.45, 2.75) is 38.1 Å². The highest BCUT2D eigenvalue weighted by Crippen LogP contribution is 2.48. The van der Waals surface area contributed by atoms with Crippen LogP contribution in [0.4, 0.5) is 0 Å². The van der Waals surface area contributed by atoms with Crippen LogP contribution in [-0.2, 0) is 9.59 Å². The van der Waals surface area contributed by atoms with Crippen LogP contribution in [0.15, 0.2) is 42.5 Å². The molecule has 0 aliphatic heterocycles. The van der Waals surface area contributed by atoms with Gasteiger partial charge >= 0.3 is 5.97 Å². The lowest BCUT2D eigenvalue weighted by Gasteiger charge is -2.13. The van der Waals surface area contributed by atoms with Crippen LogP contribution >= 0.6 is 0 Å². The Morgan fingerprint density at radius 2 is 1.96 bits per heavy atom. The quantitative estimate of drug-likeness (QED) is 0.860. The van der Waals surface area contributed by atoms with Gasteiger partial charge < -0.3 is 10.4 Å². The first-order valence-electron chi connectivity index (χ1n) is 8.12. The van der Waals surface area contributed by atoms with Gasteiger partial charge in [-0.15, -0.1) is 0 Å². The number of aliphatic carboxylic acids is 1. The summed E-state index contributed by atoms with van der Waals surface area (Å²) >= 11 is 0. The third-order valence-corrected chi connectivity index (χ3v) is 4.52. The van der Waals surface area contributed by atoms with Crippen molar-refractivity contribution in [3.63, 3.8) is 0 Å². The molecule has 120 valence electrons. The number of benzene rings is 2. The molecular formula is C19H21NO3. The molecule has 4 heteroatoms. The van der Waals surface area contributed by atoms with E-state index in [4.69, 9.17) is 5.11 Å². The number of carboxylic acid groups (broad SMARTS) is 1. The molecule has 1 aliphatic carbocycles. The summed E-state index contributed by atoms with van der Waals surface area (Å²) in [6.45, 7) is 1.91. The largest absolute Gasteiger partial charge is 0.480 e. The molecule has 3 rings (SSSR count). The summed E-state index contributed by atoms with van der Waals surface area (Å²) in [5.41, 5.74) is 1.16.